The molecule has 0 spiro atoms. The fraction of sp³-hybridized carbons (Fsp3) is 0. The Balaban J connectivity index is 2.23. The van der Waals surface area contributed by atoms with Crippen molar-refractivity contribution in [1.82, 2.24) is 19.9 Å². The first kappa shape index (κ1) is 9.83. The Morgan fingerprint density at radius 2 is 2.06 bits per heavy atom. The first-order valence-corrected chi connectivity index (χ1v) is 4.77. The highest BCUT2D eigenvalue weighted by molar-refractivity contribution is 5.91. The second kappa shape index (κ2) is 3.58. The molecular formula is C11H5F2N4. The van der Waals surface area contributed by atoms with Gasteiger partial charge in [-0.25, -0.2) is 23.7 Å². The number of hydrogen-bond acceptors (Lipinski definition) is 3. The Morgan fingerprint density at radius 1 is 1.18 bits per heavy atom. The fourth-order valence-electron chi connectivity index (χ4n) is 1.57. The van der Waals surface area contributed by atoms with Crippen molar-refractivity contribution in [3.63, 3.8) is 0 Å². The number of nitrogens with zero attached hydrogens (tertiary/aromatic N) is 3. The van der Waals surface area contributed by atoms with Crippen LogP contribution in [0.2, 0.25) is 0 Å². The van der Waals surface area contributed by atoms with Crippen LogP contribution in [0.3, 0.4) is 0 Å². The second-order valence-electron chi connectivity index (χ2n) is 3.41. The molecule has 1 N–H and O–H groups in total. The highest BCUT2D eigenvalue weighted by Crippen LogP contribution is 2.24. The minimum Gasteiger partial charge on any atom is -0.345 e. The maximum atomic E-state index is 13.1. The van der Waals surface area contributed by atoms with Crippen molar-refractivity contribution in [2.45, 2.75) is 0 Å². The lowest BCUT2D eigenvalue weighted by atomic mass is 10.2. The van der Waals surface area contributed by atoms with Gasteiger partial charge in [-0.2, -0.15) is 0 Å². The van der Waals surface area contributed by atoms with E-state index in [-0.39, 0.29) is 5.82 Å². The van der Waals surface area contributed by atoms with Crippen LogP contribution in [0, 0.1) is 17.8 Å². The SMILES string of the molecule is Fc1[c]nc(-c2c[nH]c3ncc(F)cc23)nc1. The van der Waals surface area contributed by atoms with Gasteiger partial charge in [0.2, 0.25) is 0 Å². The summed E-state index contributed by atoms with van der Waals surface area (Å²) >= 11 is 0. The van der Waals surface area contributed by atoms with Gasteiger partial charge >= 0.3 is 0 Å². The average Bonchev–Trinajstić information content (AvgIpc) is 2.73. The normalized spacial score (nSPS) is 10.9. The molecule has 0 aliphatic carbocycles. The zero-order valence-electron chi connectivity index (χ0n) is 8.41. The summed E-state index contributed by atoms with van der Waals surface area (Å²) in [5, 5.41) is 0.546. The Bertz CT molecular complexity index is 676. The predicted molar refractivity (Wildman–Crippen MR) is 55.9 cm³/mol. The van der Waals surface area contributed by atoms with Crippen molar-refractivity contribution >= 4 is 11.0 Å². The minimum absolute atomic E-state index is 0.269. The van der Waals surface area contributed by atoms with E-state index >= 15 is 0 Å². The van der Waals surface area contributed by atoms with E-state index in [2.05, 4.69) is 26.1 Å². The summed E-state index contributed by atoms with van der Waals surface area (Å²) in [5.41, 5.74) is 1.08. The van der Waals surface area contributed by atoms with Gasteiger partial charge in [-0.3, -0.25) is 0 Å². The van der Waals surface area contributed by atoms with Gasteiger partial charge in [-0.1, -0.05) is 0 Å². The molecule has 4 nitrogen and oxygen atoms in total. The van der Waals surface area contributed by atoms with Gasteiger partial charge in [-0.05, 0) is 6.07 Å². The van der Waals surface area contributed by atoms with Crippen LogP contribution in [0.1, 0.15) is 0 Å². The van der Waals surface area contributed by atoms with E-state index in [9.17, 15) is 8.78 Å². The lowest BCUT2D eigenvalue weighted by Crippen LogP contribution is -1.89. The van der Waals surface area contributed by atoms with Crippen molar-refractivity contribution in [1.29, 1.82) is 0 Å². The van der Waals surface area contributed by atoms with Crippen LogP contribution < -0.4 is 0 Å². The molecule has 0 bridgehead atoms. The van der Waals surface area contributed by atoms with E-state index in [1.165, 1.54) is 6.07 Å². The first-order valence-electron chi connectivity index (χ1n) is 4.77. The summed E-state index contributed by atoms with van der Waals surface area (Å²) in [6.45, 7) is 0. The fourth-order valence-corrected chi connectivity index (χ4v) is 1.57. The number of pyridine rings is 1. The Hall–Kier alpha value is -2.37. The van der Waals surface area contributed by atoms with E-state index in [1.807, 2.05) is 0 Å². The number of aromatic nitrogens is 4. The number of aromatic amines is 1. The van der Waals surface area contributed by atoms with Crippen molar-refractivity contribution in [2.75, 3.05) is 0 Å². The number of nitrogens with one attached hydrogen (secondary N) is 1. The number of hydrogen-bond donors (Lipinski definition) is 1. The molecule has 0 fully saturated rings. The highest BCUT2D eigenvalue weighted by Gasteiger charge is 2.10. The summed E-state index contributed by atoms with van der Waals surface area (Å²) in [6, 6.07) is 1.32. The summed E-state index contributed by atoms with van der Waals surface area (Å²) in [4.78, 5) is 14.3. The lowest BCUT2D eigenvalue weighted by Gasteiger charge is -1.96. The number of H-pyrrole nitrogens is 1. The first-order chi connectivity index (χ1) is 8.24. The zero-order valence-corrected chi connectivity index (χ0v) is 8.41. The summed E-state index contributed by atoms with van der Waals surface area (Å²) in [7, 11) is 0. The van der Waals surface area contributed by atoms with Crippen LogP contribution in [0.4, 0.5) is 8.78 Å². The van der Waals surface area contributed by atoms with Crippen molar-refractivity contribution in [2.24, 2.45) is 0 Å². The molecule has 17 heavy (non-hydrogen) atoms. The van der Waals surface area contributed by atoms with E-state index < -0.39 is 11.6 Å². The Morgan fingerprint density at radius 3 is 2.82 bits per heavy atom. The molecule has 3 aromatic rings. The molecule has 0 aliphatic heterocycles. The molecule has 0 unspecified atom stereocenters. The standard InChI is InChI=1S/C11H5F2N4/c12-6-1-8-9(5-17-10(8)14-2-6)11-15-3-7(13)4-16-11/h1-3,5H,(H,14,17). The smallest absolute Gasteiger partial charge is 0.169 e. The van der Waals surface area contributed by atoms with Crippen LogP contribution in [0.25, 0.3) is 22.4 Å². The molecule has 1 radical (unpaired) electrons. The highest BCUT2D eigenvalue weighted by atomic mass is 19.1. The molecular weight excluding hydrogens is 226 g/mol. The van der Waals surface area contributed by atoms with Crippen LogP contribution in [0.15, 0.2) is 24.7 Å². The van der Waals surface area contributed by atoms with Gasteiger partial charge in [0, 0.05) is 17.1 Å². The number of rotatable bonds is 1. The van der Waals surface area contributed by atoms with Crippen LogP contribution in [-0.2, 0) is 0 Å². The molecule has 0 aliphatic rings. The molecule has 6 heteroatoms. The lowest BCUT2D eigenvalue weighted by molar-refractivity contribution is 0.611. The van der Waals surface area contributed by atoms with E-state index in [0.717, 1.165) is 12.4 Å². The molecule has 3 heterocycles. The van der Waals surface area contributed by atoms with Gasteiger partial charge in [0.05, 0.1) is 12.4 Å². The quantitative estimate of drug-likeness (QED) is 0.697. The van der Waals surface area contributed by atoms with E-state index in [0.29, 0.717) is 16.6 Å². The summed E-state index contributed by atoms with van der Waals surface area (Å²) in [6.07, 6.45) is 5.87. The number of halogens is 2. The minimum atomic E-state index is -0.641. The molecule has 3 aromatic heterocycles. The largest absolute Gasteiger partial charge is 0.345 e. The Kier molecular flexibility index (Phi) is 2.07. The Labute approximate surface area is 94.4 Å². The topological polar surface area (TPSA) is 54.5 Å². The molecule has 0 amide bonds. The third-order valence-electron chi connectivity index (χ3n) is 2.31. The predicted octanol–water partition coefficient (Wildman–Crippen LogP) is 2.10. The van der Waals surface area contributed by atoms with E-state index in [1.54, 1.807) is 6.20 Å². The molecule has 0 aromatic carbocycles. The molecule has 0 saturated carbocycles. The second-order valence-corrected chi connectivity index (χ2v) is 3.41. The maximum Gasteiger partial charge on any atom is 0.169 e. The van der Waals surface area contributed by atoms with Crippen LogP contribution in [0.5, 0.6) is 0 Å². The summed E-state index contributed by atoms with van der Waals surface area (Å²) in [5.74, 6) is -0.826. The average molecular weight is 231 g/mol. The third-order valence-corrected chi connectivity index (χ3v) is 2.31. The van der Waals surface area contributed by atoms with Crippen molar-refractivity contribution < 1.29 is 8.78 Å². The van der Waals surface area contributed by atoms with Crippen molar-refractivity contribution in [3.8, 4) is 11.4 Å². The monoisotopic (exact) mass is 231 g/mol. The van der Waals surface area contributed by atoms with Gasteiger partial charge in [-0.15, -0.1) is 0 Å². The van der Waals surface area contributed by atoms with Gasteiger partial charge < -0.3 is 4.98 Å². The summed E-state index contributed by atoms with van der Waals surface area (Å²) < 4.78 is 25.7. The molecule has 3 rings (SSSR count). The van der Waals surface area contributed by atoms with Crippen LogP contribution in [-0.4, -0.2) is 19.9 Å². The maximum absolute atomic E-state index is 13.1. The van der Waals surface area contributed by atoms with Crippen molar-refractivity contribution in [3.05, 3.63) is 42.5 Å². The van der Waals surface area contributed by atoms with Gasteiger partial charge in [0.15, 0.2) is 11.6 Å². The van der Waals surface area contributed by atoms with Gasteiger partial charge in [0.1, 0.15) is 17.7 Å². The zero-order chi connectivity index (χ0) is 11.8. The molecule has 0 saturated heterocycles. The third kappa shape index (κ3) is 1.63. The van der Waals surface area contributed by atoms with E-state index in [4.69, 9.17) is 0 Å². The number of fused-ring (bicyclic) bond motifs is 1. The van der Waals surface area contributed by atoms with Gasteiger partial charge in [0.25, 0.3) is 0 Å². The molecule has 83 valence electrons. The molecule has 0 atom stereocenters. The van der Waals surface area contributed by atoms with Crippen LogP contribution >= 0.6 is 0 Å².